The van der Waals surface area contributed by atoms with Gasteiger partial charge < -0.3 is 20.5 Å². The summed E-state index contributed by atoms with van der Waals surface area (Å²) < 4.78 is 25.5. The van der Waals surface area contributed by atoms with E-state index in [1.807, 2.05) is 12.1 Å². The van der Waals surface area contributed by atoms with Crippen molar-refractivity contribution in [3.05, 3.63) is 83.2 Å². The van der Waals surface area contributed by atoms with Crippen LogP contribution in [0.3, 0.4) is 0 Å². The number of rotatable bonds is 6. The number of hydrogen-bond donors (Lipinski definition) is 2. The lowest BCUT2D eigenvalue weighted by molar-refractivity contribution is 0.1000. The minimum absolute atomic E-state index is 0.186. The van der Waals surface area contributed by atoms with Crippen LogP contribution in [-0.4, -0.2) is 18.6 Å². The number of hydrogen-bond acceptors (Lipinski definition) is 4. The van der Waals surface area contributed by atoms with E-state index in [4.69, 9.17) is 15.2 Å². The minimum Gasteiger partial charge on any atom is -0.496 e. The molecule has 0 saturated carbocycles. The predicted molar refractivity (Wildman–Crippen MR) is 129 cm³/mol. The normalized spacial score (nSPS) is 14.0. The summed E-state index contributed by atoms with van der Waals surface area (Å²) in [5.41, 5.74) is 11.4. The number of amides is 1. The number of halogens is 1. The molecular formula is C27H27FN2O3. The molecule has 1 heterocycles. The number of anilines is 1. The lowest BCUT2D eigenvalue weighted by Crippen LogP contribution is -2.32. The molecule has 1 aliphatic heterocycles. The molecule has 3 N–H and O–H groups in total. The number of nitrogens with two attached hydrogens (primary N) is 1. The van der Waals surface area contributed by atoms with Crippen molar-refractivity contribution in [1.29, 1.82) is 0 Å². The van der Waals surface area contributed by atoms with Gasteiger partial charge in [-0.05, 0) is 74.4 Å². The molecule has 1 amide bonds. The molecule has 170 valence electrons. The third-order valence-electron chi connectivity index (χ3n) is 5.72. The van der Waals surface area contributed by atoms with Crippen molar-refractivity contribution in [2.45, 2.75) is 32.9 Å². The Morgan fingerprint density at radius 2 is 1.76 bits per heavy atom. The number of ether oxygens (including phenoxy) is 2. The fourth-order valence-electron chi connectivity index (χ4n) is 4.36. The third kappa shape index (κ3) is 4.55. The van der Waals surface area contributed by atoms with Gasteiger partial charge in [-0.1, -0.05) is 12.1 Å². The van der Waals surface area contributed by atoms with Gasteiger partial charge in [0.05, 0.1) is 12.6 Å². The maximum Gasteiger partial charge on any atom is 0.248 e. The number of nitrogens with one attached hydrogen (secondary N) is 1. The van der Waals surface area contributed by atoms with E-state index in [1.165, 1.54) is 19.2 Å². The summed E-state index contributed by atoms with van der Waals surface area (Å²) in [6, 6.07) is 15.3. The summed E-state index contributed by atoms with van der Waals surface area (Å²) in [7, 11) is 1.53. The fourth-order valence-corrected chi connectivity index (χ4v) is 4.36. The largest absolute Gasteiger partial charge is 0.496 e. The topological polar surface area (TPSA) is 73.6 Å². The van der Waals surface area contributed by atoms with Crippen molar-refractivity contribution in [2.24, 2.45) is 5.73 Å². The predicted octanol–water partition coefficient (Wildman–Crippen LogP) is 5.79. The van der Waals surface area contributed by atoms with Gasteiger partial charge in [-0.15, -0.1) is 0 Å². The average Bonchev–Trinajstić information content (AvgIpc) is 2.76. The van der Waals surface area contributed by atoms with E-state index in [1.54, 1.807) is 30.3 Å². The van der Waals surface area contributed by atoms with Crippen LogP contribution < -0.4 is 20.5 Å². The first-order valence-electron chi connectivity index (χ1n) is 10.7. The molecule has 5 nitrogen and oxygen atoms in total. The molecule has 3 aromatic carbocycles. The highest BCUT2D eigenvalue weighted by Gasteiger charge is 2.27. The Hall–Kier alpha value is -3.80. The van der Waals surface area contributed by atoms with Crippen LogP contribution in [0.4, 0.5) is 10.1 Å². The van der Waals surface area contributed by atoms with Crippen molar-refractivity contribution in [1.82, 2.24) is 0 Å². The van der Waals surface area contributed by atoms with E-state index < -0.39 is 5.91 Å². The number of fused-ring (bicyclic) bond motifs is 1. The summed E-state index contributed by atoms with van der Waals surface area (Å²) >= 11 is 0. The summed E-state index contributed by atoms with van der Waals surface area (Å²) in [5, 5.41) is 3.57. The van der Waals surface area contributed by atoms with Crippen molar-refractivity contribution < 1.29 is 18.7 Å². The van der Waals surface area contributed by atoms with Gasteiger partial charge in [0.1, 0.15) is 23.9 Å². The minimum atomic E-state index is -0.487. The first-order chi connectivity index (χ1) is 15.7. The van der Waals surface area contributed by atoms with Gasteiger partial charge >= 0.3 is 0 Å². The van der Waals surface area contributed by atoms with Crippen LogP contribution in [-0.2, 0) is 6.61 Å². The number of carbonyl (C=O) groups excluding carboxylic acids is 1. The van der Waals surface area contributed by atoms with Crippen LogP contribution in [0.15, 0.2) is 60.7 Å². The van der Waals surface area contributed by atoms with Gasteiger partial charge in [-0.2, -0.15) is 0 Å². The molecule has 0 aromatic heterocycles. The first kappa shape index (κ1) is 22.4. The van der Waals surface area contributed by atoms with Crippen LogP contribution in [0.5, 0.6) is 11.5 Å². The number of allylic oxidation sites excluding steroid dienone is 1. The second kappa shape index (κ2) is 8.62. The fraction of sp³-hybridized carbons (Fsp3) is 0.222. The standard InChI is InChI=1S/C27H27FN2O3/c1-16-14-27(2,3)30-23-12-11-20(21-10-7-18(28)13-24(21)32-4)22(25(16)23)15-33-19-8-5-17(6-9-19)26(29)31/h5-14,30H,15H2,1-4H3,(H2,29,31). The highest BCUT2D eigenvalue weighted by Crippen LogP contribution is 2.42. The molecule has 0 atom stereocenters. The molecule has 33 heavy (non-hydrogen) atoms. The monoisotopic (exact) mass is 446 g/mol. The van der Waals surface area contributed by atoms with E-state index in [9.17, 15) is 9.18 Å². The van der Waals surface area contributed by atoms with Gasteiger partial charge in [0.15, 0.2) is 0 Å². The Morgan fingerprint density at radius 3 is 2.42 bits per heavy atom. The molecule has 3 aromatic rings. The van der Waals surface area contributed by atoms with E-state index >= 15 is 0 Å². The van der Waals surface area contributed by atoms with Gasteiger partial charge in [-0.3, -0.25) is 4.79 Å². The molecule has 4 rings (SSSR count). The number of carbonyl (C=O) groups is 1. The second-order valence-corrected chi connectivity index (χ2v) is 8.71. The zero-order valence-electron chi connectivity index (χ0n) is 19.2. The zero-order valence-corrected chi connectivity index (χ0v) is 19.2. The Balaban J connectivity index is 1.81. The quantitative estimate of drug-likeness (QED) is 0.503. The maximum atomic E-state index is 13.9. The van der Waals surface area contributed by atoms with Gasteiger partial charge in [-0.25, -0.2) is 4.39 Å². The highest BCUT2D eigenvalue weighted by atomic mass is 19.1. The maximum absolute atomic E-state index is 13.9. The lowest BCUT2D eigenvalue weighted by atomic mass is 9.85. The Morgan fingerprint density at radius 1 is 1.06 bits per heavy atom. The molecular weight excluding hydrogens is 419 g/mol. The average molecular weight is 447 g/mol. The van der Waals surface area contributed by atoms with Gasteiger partial charge in [0.25, 0.3) is 0 Å². The highest BCUT2D eigenvalue weighted by molar-refractivity contribution is 5.93. The molecule has 0 saturated heterocycles. The number of methoxy groups -OCH3 is 1. The molecule has 0 spiro atoms. The van der Waals surface area contributed by atoms with Crippen LogP contribution in [0.25, 0.3) is 16.7 Å². The second-order valence-electron chi connectivity index (χ2n) is 8.71. The van der Waals surface area contributed by atoms with Crippen LogP contribution in [0.2, 0.25) is 0 Å². The number of benzene rings is 3. The van der Waals surface area contributed by atoms with E-state index in [-0.39, 0.29) is 18.0 Å². The summed E-state index contributed by atoms with van der Waals surface area (Å²) in [4.78, 5) is 11.4. The van der Waals surface area contributed by atoms with Crippen molar-refractivity contribution in [3.63, 3.8) is 0 Å². The molecule has 0 bridgehead atoms. The smallest absolute Gasteiger partial charge is 0.248 e. The molecule has 0 fully saturated rings. The Labute approximate surface area is 193 Å². The van der Waals surface area contributed by atoms with Gasteiger partial charge in [0.2, 0.25) is 5.91 Å². The molecule has 6 heteroatoms. The Kier molecular flexibility index (Phi) is 5.85. The summed E-state index contributed by atoms with van der Waals surface area (Å²) in [6.07, 6.45) is 2.19. The van der Waals surface area contributed by atoms with Crippen molar-refractivity contribution >= 4 is 17.2 Å². The first-order valence-corrected chi connectivity index (χ1v) is 10.7. The SMILES string of the molecule is COc1cc(F)ccc1-c1ccc2c(c1COc1ccc(C(N)=O)cc1)C(C)=CC(C)(C)N2. The van der Waals surface area contributed by atoms with Crippen LogP contribution >= 0.6 is 0 Å². The molecule has 1 aliphatic rings. The van der Waals surface area contributed by atoms with E-state index in [2.05, 4.69) is 32.2 Å². The summed E-state index contributed by atoms with van der Waals surface area (Å²) in [5.74, 6) is 0.215. The van der Waals surface area contributed by atoms with Crippen LogP contribution in [0, 0.1) is 5.82 Å². The number of primary amides is 1. The lowest BCUT2D eigenvalue weighted by Gasteiger charge is -2.33. The van der Waals surface area contributed by atoms with E-state index in [0.29, 0.717) is 17.1 Å². The summed E-state index contributed by atoms with van der Waals surface area (Å²) in [6.45, 7) is 6.58. The van der Waals surface area contributed by atoms with E-state index in [0.717, 1.165) is 33.5 Å². The zero-order chi connectivity index (χ0) is 23.8. The van der Waals surface area contributed by atoms with Crippen molar-refractivity contribution in [2.75, 3.05) is 12.4 Å². The molecule has 0 aliphatic carbocycles. The Bertz CT molecular complexity index is 1250. The molecule has 0 radical (unpaired) electrons. The van der Waals surface area contributed by atoms with Gasteiger partial charge in [0, 0.05) is 34.0 Å². The third-order valence-corrected chi connectivity index (χ3v) is 5.72. The van der Waals surface area contributed by atoms with Crippen molar-refractivity contribution in [3.8, 4) is 22.6 Å². The molecule has 0 unspecified atom stereocenters. The van der Waals surface area contributed by atoms with Crippen LogP contribution in [0.1, 0.15) is 42.3 Å².